The van der Waals surface area contributed by atoms with E-state index in [4.69, 9.17) is 4.74 Å². The quantitative estimate of drug-likeness (QED) is 0.585. The van der Waals surface area contributed by atoms with Crippen molar-refractivity contribution in [1.29, 1.82) is 0 Å². The molecule has 0 aromatic heterocycles. The highest BCUT2D eigenvalue weighted by atomic mass is 32.2. The predicted molar refractivity (Wildman–Crippen MR) is 108 cm³/mol. The molecule has 0 saturated heterocycles. The summed E-state index contributed by atoms with van der Waals surface area (Å²) in [6.45, 7) is -0.486. The molecule has 1 unspecified atom stereocenters. The highest BCUT2D eigenvalue weighted by Crippen LogP contribution is 2.26. The summed E-state index contributed by atoms with van der Waals surface area (Å²) in [6.07, 6.45) is -1.21. The average molecular weight is 433 g/mol. The standard InChI is InChI=1S/C22H21F2NO4S/c1-29-19-9-5-8-17(12-19)21(26)15-25(14-16-6-3-2-4-7-16)30(27,28)22-13-18(23)10-11-20(22)24/h2-13,21,26H,14-15H2,1H3. The summed E-state index contributed by atoms with van der Waals surface area (Å²) in [5.41, 5.74) is 1.07. The fourth-order valence-electron chi connectivity index (χ4n) is 3.00. The Kier molecular flexibility index (Phi) is 6.81. The van der Waals surface area contributed by atoms with Crippen molar-refractivity contribution in [3.63, 3.8) is 0 Å². The van der Waals surface area contributed by atoms with Crippen molar-refractivity contribution in [1.82, 2.24) is 4.31 Å². The van der Waals surface area contributed by atoms with Crippen molar-refractivity contribution in [3.8, 4) is 5.75 Å². The van der Waals surface area contributed by atoms with Gasteiger partial charge in [0.2, 0.25) is 10.0 Å². The van der Waals surface area contributed by atoms with Gasteiger partial charge in [0.1, 0.15) is 22.3 Å². The molecule has 0 amide bonds. The monoisotopic (exact) mass is 433 g/mol. The molecule has 158 valence electrons. The van der Waals surface area contributed by atoms with Gasteiger partial charge in [-0.05, 0) is 41.5 Å². The van der Waals surface area contributed by atoms with Crippen LogP contribution >= 0.6 is 0 Å². The summed E-state index contributed by atoms with van der Waals surface area (Å²) in [4.78, 5) is -0.781. The Labute approximate surface area is 174 Å². The number of nitrogens with zero attached hydrogens (tertiary/aromatic N) is 1. The molecule has 3 aromatic carbocycles. The normalized spacial score (nSPS) is 12.7. The molecule has 0 radical (unpaired) electrons. The van der Waals surface area contributed by atoms with E-state index in [9.17, 15) is 22.3 Å². The summed E-state index contributed by atoms with van der Waals surface area (Å²) in [5.74, 6) is -1.44. The fourth-order valence-corrected chi connectivity index (χ4v) is 4.51. The number of sulfonamides is 1. The number of aliphatic hydroxyl groups is 1. The fraction of sp³-hybridized carbons (Fsp3) is 0.182. The molecule has 0 fully saturated rings. The van der Waals surface area contributed by atoms with Crippen molar-refractivity contribution in [2.45, 2.75) is 17.5 Å². The number of hydrogen-bond donors (Lipinski definition) is 1. The van der Waals surface area contributed by atoms with Gasteiger partial charge in [-0.3, -0.25) is 0 Å². The van der Waals surface area contributed by atoms with E-state index >= 15 is 0 Å². The first kappa shape index (κ1) is 21.9. The van der Waals surface area contributed by atoms with Crippen LogP contribution < -0.4 is 4.74 Å². The van der Waals surface area contributed by atoms with Gasteiger partial charge in [-0.25, -0.2) is 17.2 Å². The van der Waals surface area contributed by atoms with Gasteiger partial charge in [0.25, 0.3) is 0 Å². The number of halogens is 2. The number of methoxy groups -OCH3 is 1. The molecular formula is C22H21F2NO4S. The molecule has 0 saturated carbocycles. The van der Waals surface area contributed by atoms with Crippen LogP contribution in [-0.4, -0.2) is 31.5 Å². The Balaban J connectivity index is 1.98. The van der Waals surface area contributed by atoms with Crippen LogP contribution in [0.4, 0.5) is 8.78 Å². The lowest BCUT2D eigenvalue weighted by Gasteiger charge is -2.25. The Bertz CT molecular complexity index is 1110. The molecule has 0 spiro atoms. The molecule has 5 nitrogen and oxygen atoms in total. The van der Waals surface area contributed by atoms with E-state index in [1.807, 2.05) is 0 Å². The number of aliphatic hydroxyl groups excluding tert-OH is 1. The molecule has 8 heteroatoms. The molecule has 0 heterocycles. The van der Waals surface area contributed by atoms with E-state index in [0.29, 0.717) is 22.9 Å². The lowest BCUT2D eigenvalue weighted by atomic mass is 10.1. The maximum Gasteiger partial charge on any atom is 0.246 e. The van der Waals surface area contributed by atoms with Crippen molar-refractivity contribution >= 4 is 10.0 Å². The second-order valence-electron chi connectivity index (χ2n) is 6.65. The summed E-state index contributed by atoms with van der Waals surface area (Å²) < 4.78 is 60.4. The Morgan fingerprint density at radius 3 is 2.43 bits per heavy atom. The number of rotatable bonds is 8. The number of benzene rings is 3. The molecule has 0 aliphatic carbocycles. The summed E-state index contributed by atoms with van der Waals surface area (Å²) >= 11 is 0. The molecule has 1 N–H and O–H groups in total. The maximum atomic E-state index is 14.3. The summed E-state index contributed by atoms with van der Waals surface area (Å²) in [6, 6.07) is 17.5. The number of hydrogen-bond acceptors (Lipinski definition) is 4. The molecule has 3 rings (SSSR count). The SMILES string of the molecule is COc1cccc(C(O)CN(Cc2ccccc2)S(=O)(=O)c2cc(F)ccc2F)c1. The van der Waals surface area contributed by atoms with Gasteiger partial charge in [-0.1, -0.05) is 42.5 Å². The van der Waals surface area contributed by atoms with Crippen molar-refractivity contribution in [2.75, 3.05) is 13.7 Å². The molecule has 0 bridgehead atoms. The van der Waals surface area contributed by atoms with E-state index in [1.54, 1.807) is 54.6 Å². The first-order chi connectivity index (χ1) is 14.3. The van der Waals surface area contributed by atoms with Gasteiger partial charge in [0.05, 0.1) is 13.2 Å². The lowest BCUT2D eigenvalue weighted by Crippen LogP contribution is -2.35. The second-order valence-corrected chi connectivity index (χ2v) is 8.56. The third-order valence-corrected chi connectivity index (χ3v) is 6.39. The van der Waals surface area contributed by atoms with Gasteiger partial charge in [0.15, 0.2) is 0 Å². The van der Waals surface area contributed by atoms with Crippen LogP contribution in [0.2, 0.25) is 0 Å². The Morgan fingerprint density at radius 1 is 1.00 bits per heavy atom. The summed E-state index contributed by atoms with van der Waals surface area (Å²) in [7, 11) is -2.97. The zero-order chi connectivity index (χ0) is 21.7. The van der Waals surface area contributed by atoms with Gasteiger partial charge in [-0.15, -0.1) is 0 Å². The van der Waals surface area contributed by atoms with E-state index in [2.05, 4.69) is 0 Å². The van der Waals surface area contributed by atoms with Crippen molar-refractivity contribution in [2.24, 2.45) is 0 Å². The van der Waals surface area contributed by atoms with Crippen LogP contribution in [0.25, 0.3) is 0 Å². The van der Waals surface area contributed by atoms with E-state index in [-0.39, 0.29) is 13.1 Å². The molecular weight excluding hydrogens is 412 g/mol. The van der Waals surface area contributed by atoms with Crippen LogP contribution in [-0.2, 0) is 16.6 Å². The largest absolute Gasteiger partial charge is 0.497 e. The van der Waals surface area contributed by atoms with Crippen LogP contribution in [0.3, 0.4) is 0 Å². The van der Waals surface area contributed by atoms with Gasteiger partial charge < -0.3 is 9.84 Å². The molecule has 0 aliphatic heterocycles. The zero-order valence-electron chi connectivity index (χ0n) is 16.2. The highest BCUT2D eigenvalue weighted by molar-refractivity contribution is 7.89. The van der Waals surface area contributed by atoms with E-state index in [0.717, 1.165) is 16.4 Å². The average Bonchev–Trinajstić information content (AvgIpc) is 2.75. The predicted octanol–water partition coefficient (Wildman–Crippen LogP) is 3.90. The Hall–Kier alpha value is -2.81. The maximum absolute atomic E-state index is 14.3. The smallest absolute Gasteiger partial charge is 0.246 e. The minimum atomic E-state index is -4.44. The van der Waals surface area contributed by atoms with Crippen molar-refractivity contribution < 1.29 is 27.0 Å². The van der Waals surface area contributed by atoms with Crippen LogP contribution in [0.1, 0.15) is 17.2 Å². The second kappa shape index (κ2) is 9.34. The molecule has 3 aromatic rings. The third kappa shape index (κ3) is 5.02. The zero-order valence-corrected chi connectivity index (χ0v) is 17.0. The Morgan fingerprint density at radius 2 is 1.73 bits per heavy atom. The first-order valence-corrected chi connectivity index (χ1v) is 10.6. The minimum absolute atomic E-state index is 0.125. The molecule has 30 heavy (non-hydrogen) atoms. The van der Waals surface area contributed by atoms with Crippen LogP contribution in [0.5, 0.6) is 5.75 Å². The molecule has 1 atom stereocenters. The van der Waals surface area contributed by atoms with Gasteiger partial charge >= 0.3 is 0 Å². The number of ether oxygens (including phenoxy) is 1. The highest BCUT2D eigenvalue weighted by Gasteiger charge is 2.30. The topological polar surface area (TPSA) is 66.8 Å². The molecule has 0 aliphatic rings. The first-order valence-electron chi connectivity index (χ1n) is 9.12. The van der Waals surface area contributed by atoms with E-state index in [1.165, 1.54) is 7.11 Å². The van der Waals surface area contributed by atoms with Gasteiger partial charge in [0, 0.05) is 13.1 Å². The van der Waals surface area contributed by atoms with Crippen LogP contribution in [0, 0.1) is 11.6 Å². The van der Waals surface area contributed by atoms with Crippen molar-refractivity contribution in [3.05, 3.63) is 95.6 Å². The van der Waals surface area contributed by atoms with E-state index < -0.39 is 32.7 Å². The minimum Gasteiger partial charge on any atom is -0.497 e. The van der Waals surface area contributed by atoms with Gasteiger partial charge in [-0.2, -0.15) is 4.31 Å². The van der Waals surface area contributed by atoms with Crippen LogP contribution in [0.15, 0.2) is 77.7 Å². The summed E-state index contributed by atoms with van der Waals surface area (Å²) in [5, 5.41) is 10.7. The third-order valence-electron chi connectivity index (χ3n) is 4.57. The lowest BCUT2D eigenvalue weighted by molar-refractivity contribution is 0.145.